The Kier molecular flexibility index (Phi) is 6.28. The van der Waals surface area contributed by atoms with Crippen LogP contribution in [-0.4, -0.2) is 60.2 Å². The number of hydrogen-bond acceptors (Lipinski definition) is 4. The lowest BCUT2D eigenvalue weighted by atomic mass is 9.95. The van der Waals surface area contributed by atoms with Gasteiger partial charge in [0.2, 0.25) is 0 Å². The van der Waals surface area contributed by atoms with Crippen molar-refractivity contribution in [3.63, 3.8) is 0 Å². The number of likely N-dealkylation sites (tertiary alicyclic amines) is 1. The number of piperidine rings is 1. The summed E-state index contributed by atoms with van der Waals surface area (Å²) < 4.78 is 4.93. The fraction of sp³-hybridized carbons (Fsp3) is 1.00. The lowest BCUT2D eigenvalue weighted by Crippen LogP contribution is -2.49. The van der Waals surface area contributed by atoms with E-state index in [1.54, 1.807) is 7.11 Å². The fourth-order valence-electron chi connectivity index (χ4n) is 2.47. The van der Waals surface area contributed by atoms with E-state index in [9.17, 15) is 10.2 Å². The number of rotatable bonds is 6. The van der Waals surface area contributed by atoms with Gasteiger partial charge in [-0.25, -0.2) is 0 Å². The summed E-state index contributed by atoms with van der Waals surface area (Å²) in [5, 5.41) is 19.7. The van der Waals surface area contributed by atoms with Crippen LogP contribution in [-0.2, 0) is 4.74 Å². The SMILES string of the molecule is CC[C@H](O)[C@H]1CCCCN1C[C@@H](O)COC. The third-order valence-corrected chi connectivity index (χ3v) is 3.33. The molecule has 1 aliphatic rings. The van der Waals surface area contributed by atoms with Gasteiger partial charge in [0.1, 0.15) is 0 Å². The van der Waals surface area contributed by atoms with Gasteiger partial charge in [-0.15, -0.1) is 0 Å². The van der Waals surface area contributed by atoms with Gasteiger partial charge < -0.3 is 14.9 Å². The van der Waals surface area contributed by atoms with Crippen molar-refractivity contribution in [3.05, 3.63) is 0 Å². The molecule has 1 saturated heterocycles. The topological polar surface area (TPSA) is 52.9 Å². The largest absolute Gasteiger partial charge is 0.392 e. The number of aliphatic hydroxyl groups is 2. The van der Waals surface area contributed by atoms with E-state index in [2.05, 4.69) is 4.90 Å². The summed E-state index contributed by atoms with van der Waals surface area (Å²) in [5.74, 6) is 0. The van der Waals surface area contributed by atoms with Crippen LogP contribution in [0.1, 0.15) is 32.6 Å². The molecule has 0 aromatic rings. The minimum Gasteiger partial charge on any atom is -0.392 e. The molecule has 16 heavy (non-hydrogen) atoms. The van der Waals surface area contributed by atoms with Crippen LogP contribution >= 0.6 is 0 Å². The van der Waals surface area contributed by atoms with E-state index in [-0.39, 0.29) is 12.1 Å². The molecule has 0 saturated carbocycles. The average Bonchev–Trinajstić information content (AvgIpc) is 2.29. The second-order valence-corrected chi connectivity index (χ2v) is 4.64. The van der Waals surface area contributed by atoms with Gasteiger partial charge in [0.05, 0.1) is 18.8 Å². The van der Waals surface area contributed by atoms with Crippen LogP contribution in [0.25, 0.3) is 0 Å². The number of ether oxygens (including phenoxy) is 1. The van der Waals surface area contributed by atoms with Gasteiger partial charge in [-0.2, -0.15) is 0 Å². The van der Waals surface area contributed by atoms with Crippen molar-refractivity contribution >= 4 is 0 Å². The van der Waals surface area contributed by atoms with E-state index in [0.717, 1.165) is 25.8 Å². The van der Waals surface area contributed by atoms with Gasteiger partial charge in [-0.3, -0.25) is 4.90 Å². The first-order valence-corrected chi connectivity index (χ1v) is 6.28. The minimum atomic E-state index is -0.449. The predicted octanol–water partition coefficient (Wildman–Crippen LogP) is 0.619. The number of methoxy groups -OCH3 is 1. The number of aliphatic hydroxyl groups excluding tert-OH is 2. The van der Waals surface area contributed by atoms with Gasteiger partial charge in [0.15, 0.2) is 0 Å². The quantitative estimate of drug-likeness (QED) is 0.703. The predicted molar refractivity (Wildman–Crippen MR) is 63.4 cm³/mol. The molecule has 0 spiro atoms. The van der Waals surface area contributed by atoms with Crippen molar-refractivity contribution in [1.29, 1.82) is 0 Å². The molecule has 1 heterocycles. The van der Waals surface area contributed by atoms with Gasteiger partial charge >= 0.3 is 0 Å². The van der Waals surface area contributed by atoms with Gasteiger partial charge in [-0.05, 0) is 25.8 Å². The normalized spacial score (nSPS) is 26.6. The zero-order valence-corrected chi connectivity index (χ0v) is 10.4. The van der Waals surface area contributed by atoms with E-state index >= 15 is 0 Å². The van der Waals surface area contributed by atoms with Crippen molar-refractivity contribution in [2.75, 3.05) is 26.8 Å². The van der Waals surface area contributed by atoms with Crippen molar-refractivity contribution < 1.29 is 14.9 Å². The molecule has 3 atom stereocenters. The summed E-state index contributed by atoms with van der Waals surface area (Å²) in [6, 6.07) is 0.213. The standard InChI is InChI=1S/C12H25NO3/c1-3-12(15)11-6-4-5-7-13(11)8-10(14)9-16-2/h10-12,14-15H,3-9H2,1-2H3/t10-,11-,12+/m1/s1. The third kappa shape index (κ3) is 4.01. The molecule has 0 unspecified atom stereocenters. The Morgan fingerprint density at radius 2 is 2.12 bits per heavy atom. The molecular formula is C12H25NO3. The summed E-state index contributed by atoms with van der Waals surface area (Å²) in [7, 11) is 1.60. The molecule has 1 fully saturated rings. The fourth-order valence-corrected chi connectivity index (χ4v) is 2.47. The smallest absolute Gasteiger partial charge is 0.0900 e. The Morgan fingerprint density at radius 3 is 2.75 bits per heavy atom. The van der Waals surface area contributed by atoms with Crippen LogP contribution in [0.3, 0.4) is 0 Å². The van der Waals surface area contributed by atoms with E-state index in [1.165, 1.54) is 6.42 Å². The summed E-state index contributed by atoms with van der Waals surface area (Å²) in [6.45, 7) is 3.95. The monoisotopic (exact) mass is 231 g/mol. The summed E-state index contributed by atoms with van der Waals surface area (Å²) >= 11 is 0. The van der Waals surface area contributed by atoms with Crippen molar-refractivity contribution in [1.82, 2.24) is 4.90 Å². The van der Waals surface area contributed by atoms with Crippen molar-refractivity contribution in [3.8, 4) is 0 Å². The van der Waals surface area contributed by atoms with Gasteiger partial charge in [0.25, 0.3) is 0 Å². The van der Waals surface area contributed by atoms with Crippen LogP contribution in [0.2, 0.25) is 0 Å². The molecule has 2 N–H and O–H groups in total. The highest BCUT2D eigenvalue weighted by atomic mass is 16.5. The van der Waals surface area contributed by atoms with E-state index in [4.69, 9.17) is 4.74 Å². The van der Waals surface area contributed by atoms with Crippen molar-refractivity contribution in [2.45, 2.75) is 50.9 Å². The maximum absolute atomic E-state index is 9.94. The maximum Gasteiger partial charge on any atom is 0.0900 e. The number of β-amino-alcohol motifs (C(OH)–C–C–N with tert-alkyl or cyclic N) is 1. The van der Waals surface area contributed by atoms with Crippen LogP contribution in [0.15, 0.2) is 0 Å². The van der Waals surface area contributed by atoms with Crippen LogP contribution in [0.4, 0.5) is 0 Å². The Bertz CT molecular complexity index is 189. The lowest BCUT2D eigenvalue weighted by molar-refractivity contribution is -0.0186. The highest BCUT2D eigenvalue weighted by Gasteiger charge is 2.28. The summed E-state index contributed by atoms with van der Waals surface area (Å²) in [4.78, 5) is 2.21. The van der Waals surface area contributed by atoms with Crippen LogP contribution < -0.4 is 0 Å². The van der Waals surface area contributed by atoms with Crippen molar-refractivity contribution in [2.24, 2.45) is 0 Å². The highest BCUT2D eigenvalue weighted by molar-refractivity contribution is 4.83. The molecule has 0 aromatic carbocycles. The molecule has 0 radical (unpaired) electrons. The molecule has 1 rings (SSSR count). The molecule has 0 bridgehead atoms. The number of nitrogens with zero attached hydrogens (tertiary/aromatic N) is 1. The Labute approximate surface area is 98.2 Å². The Balaban J connectivity index is 2.46. The third-order valence-electron chi connectivity index (χ3n) is 3.33. The Morgan fingerprint density at radius 1 is 1.38 bits per heavy atom. The number of hydrogen-bond donors (Lipinski definition) is 2. The second kappa shape index (κ2) is 7.22. The first-order chi connectivity index (χ1) is 7.69. The minimum absolute atomic E-state index is 0.213. The molecule has 0 aliphatic carbocycles. The van der Waals surface area contributed by atoms with Gasteiger partial charge in [-0.1, -0.05) is 13.3 Å². The molecule has 1 aliphatic heterocycles. The lowest BCUT2D eigenvalue weighted by Gasteiger charge is -2.39. The molecular weight excluding hydrogens is 206 g/mol. The molecule has 0 amide bonds. The zero-order chi connectivity index (χ0) is 12.0. The maximum atomic E-state index is 9.94. The summed E-state index contributed by atoms with van der Waals surface area (Å²) in [6.07, 6.45) is 3.44. The van der Waals surface area contributed by atoms with Crippen LogP contribution in [0, 0.1) is 0 Å². The Hall–Kier alpha value is -0.160. The zero-order valence-electron chi connectivity index (χ0n) is 10.4. The average molecular weight is 231 g/mol. The van der Waals surface area contributed by atoms with Gasteiger partial charge in [0, 0.05) is 19.7 Å². The van der Waals surface area contributed by atoms with E-state index < -0.39 is 6.10 Å². The first-order valence-electron chi connectivity index (χ1n) is 6.28. The highest BCUT2D eigenvalue weighted by Crippen LogP contribution is 2.21. The van der Waals surface area contributed by atoms with E-state index in [1.807, 2.05) is 6.92 Å². The molecule has 4 nitrogen and oxygen atoms in total. The van der Waals surface area contributed by atoms with Crippen LogP contribution in [0.5, 0.6) is 0 Å². The molecule has 4 heteroatoms. The van der Waals surface area contributed by atoms with E-state index in [0.29, 0.717) is 13.2 Å². The summed E-state index contributed by atoms with van der Waals surface area (Å²) in [5.41, 5.74) is 0. The second-order valence-electron chi connectivity index (χ2n) is 4.64. The molecule has 96 valence electrons. The first kappa shape index (κ1) is 13.9. The molecule has 0 aromatic heterocycles.